The van der Waals surface area contributed by atoms with E-state index in [1.54, 1.807) is 0 Å². The lowest BCUT2D eigenvalue weighted by atomic mass is 10.1. The third kappa shape index (κ3) is 10.4. The van der Waals surface area contributed by atoms with E-state index in [9.17, 15) is 0 Å². The highest BCUT2D eigenvalue weighted by Crippen LogP contribution is 2.10. The highest BCUT2D eigenvalue weighted by molar-refractivity contribution is 5.12. The molecule has 0 aliphatic rings. The van der Waals surface area contributed by atoms with Gasteiger partial charge in [-0.3, -0.25) is 0 Å². The van der Waals surface area contributed by atoms with E-state index < -0.39 is 0 Å². The lowest BCUT2D eigenvalue weighted by Gasteiger charge is -2.07. The lowest BCUT2D eigenvalue weighted by molar-refractivity contribution is 0.394. The van der Waals surface area contributed by atoms with Gasteiger partial charge in [-0.05, 0) is 57.5 Å². The van der Waals surface area contributed by atoms with Crippen molar-refractivity contribution in [3.8, 4) is 0 Å². The number of unbranched alkanes of at least 4 members (excludes halogenated alkanes) is 1. The zero-order chi connectivity index (χ0) is 14.0. The van der Waals surface area contributed by atoms with E-state index in [-0.39, 0.29) is 0 Å². The van der Waals surface area contributed by atoms with Crippen molar-refractivity contribution in [3.63, 3.8) is 0 Å². The summed E-state index contributed by atoms with van der Waals surface area (Å²) in [5.74, 6) is 1.72. The molecule has 0 amide bonds. The molecule has 0 aromatic carbocycles. The summed E-state index contributed by atoms with van der Waals surface area (Å²) >= 11 is 0. The van der Waals surface area contributed by atoms with Crippen LogP contribution in [0.2, 0.25) is 0 Å². The van der Waals surface area contributed by atoms with Gasteiger partial charge in [0.15, 0.2) is 0 Å². The predicted octanol–water partition coefficient (Wildman–Crippen LogP) is 3.28. The van der Waals surface area contributed by atoms with Crippen molar-refractivity contribution in [2.75, 3.05) is 20.6 Å². The summed E-state index contributed by atoms with van der Waals surface area (Å²) in [5, 5.41) is 0. The molecule has 3 nitrogen and oxygen atoms in total. The number of hydrogen-bond donors (Lipinski definition) is 1. The molecule has 0 unspecified atom stereocenters. The highest BCUT2D eigenvalue weighted by atomic mass is 16.3. The largest absolute Gasteiger partial charge is 0.468 e. The van der Waals surface area contributed by atoms with Gasteiger partial charge in [0.1, 0.15) is 5.76 Å². The summed E-state index contributed by atoms with van der Waals surface area (Å²) in [6, 6.07) is 2.05. The zero-order valence-corrected chi connectivity index (χ0v) is 12.7. The molecule has 0 fully saturated rings. The van der Waals surface area contributed by atoms with Crippen molar-refractivity contribution in [1.82, 2.24) is 4.90 Å². The molecule has 0 saturated heterocycles. The van der Waals surface area contributed by atoms with Crippen LogP contribution < -0.4 is 5.73 Å². The van der Waals surface area contributed by atoms with Crippen LogP contribution in [-0.2, 0) is 13.0 Å². The standard InChI is InChI=1S/C11H20N2O.C4H10/c1-13(2)6-4-3-5-10-7-11(8-12)14-9-10;1-4(2)3/h7,9H,3-6,8,12H2,1-2H3;4H,1-3H3. The smallest absolute Gasteiger partial charge is 0.117 e. The van der Waals surface area contributed by atoms with Gasteiger partial charge in [0, 0.05) is 0 Å². The van der Waals surface area contributed by atoms with Crippen LogP contribution in [0.4, 0.5) is 0 Å². The van der Waals surface area contributed by atoms with Crippen LogP contribution in [0.15, 0.2) is 16.7 Å². The molecule has 1 rings (SSSR count). The average Bonchev–Trinajstić information content (AvgIpc) is 2.71. The fourth-order valence-electron chi connectivity index (χ4n) is 1.42. The normalized spacial score (nSPS) is 10.7. The van der Waals surface area contributed by atoms with Gasteiger partial charge >= 0.3 is 0 Å². The Morgan fingerprint density at radius 2 is 1.83 bits per heavy atom. The molecule has 1 aromatic rings. The Bertz CT molecular complexity index is 290. The molecule has 1 heterocycles. The van der Waals surface area contributed by atoms with Crippen LogP contribution in [0, 0.1) is 5.92 Å². The van der Waals surface area contributed by atoms with Crippen LogP contribution in [-0.4, -0.2) is 25.5 Å². The molecule has 0 aliphatic heterocycles. The fraction of sp³-hybridized carbons (Fsp3) is 0.733. The Hall–Kier alpha value is -0.800. The maximum absolute atomic E-state index is 5.46. The van der Waals surface area contributed by atoms with Crippen LogP contribution in [0.5, 0.6) is 0 Å². The molecule has 0 radical (unpaired) electrons. The van der Waals surface area contributed by atoms with E-state index in [1.807, 2.05) is 6.26 Å². The molecule has 1 aromatic heterocycles. The summed E-state index contributed by atoms with van der Waals surface area (Å²) in [6.07, 6.45) is 5.35. The number of furan rings is 1. The second-order valence-electron chi connectivity index (χ2n) is 5.62. The van der Waals surface area contributed by atoms with Gasteiger partial charge < -0.3 is 15.1 Å². The first-order valence-corrected chi connectivity index (χ1v) is 6.86. The van der Waals surface area contributed by atoms with E-state index >= 15 is 0 Å². The molecular weight excluding hydrogens is 224 g/mol. The molecule has 18 heavy (non-hydrogen) atoms. The van der Waals surface area contributed by atoms with E-state index in [1.165, 1.54) is 18.4 Å². The molecule has 0 saturated carbocycles. The van der Waals surface area contributed by atoms with Crippen molar-refractivity contribution in [1.29, 1.82) is 0 Å². The Balaban J connectivity index is 0.000000631. The summed E-state index contributed by atoms with van der Waals surface area (Å²) in [7, 11) is 4.20. The first-order valence-electron chi connectivity index (χ1n) is 6.86. The molecule has 3 heteroatoms. The fourth-order valence-corrected chi connectivity index (χ4v) is 1.42. The molecule has 2 N–H and O–H groups in total. The molecule has 0 atom stereocenters. The first kappa shape index (κ1) is 17.2. The van der Waals surface area contributed by atoms with Crippen LogP contribution >= 0.6 is 0 Å². The van der Waals surface area contributed by atoms with Gasteiger partial charge in [-0.2, -0.15) is 0 Å². The summed E-state index contributed by atoms with van der Waals surface area (Å²) in [4.78, 5) is 2.21. The number of nitrogens with zero attached hydrogens (tertiary/aromatic N) is 1. The SMILES string of the molecule is CC(C)C.CN(C)CCCCc1coc(CN)c1. The van der Waals surface area contributed by atoms with Gasteiger partial charge in [0.05, 0.1) is 12.8 Å². The predicted molar refractivity (Wildman–Crippen MR) is 78.6 cm³/mol. The summed E-state index contributed by atoms with van der Waals surface area (Å²) in [6.45, 7) is 8.15. The minimum atomic E-state index is 0.498. The zero-order valence-electron chi connectivity index (χ0n) is 12.7. The summed E-state index contributed by atoms with van der Waals surface area (Å²) < 4.78 is 5.26. The minimum Gasteiger partial charge on any atom is -0.468 e. The van der Waals surface area contributed by atoms with E-state index in [0.717, 1.165) is 24.6 Å². The first-order chi connectivity index (χ1) is 8.45. The third-order valence-electron chi connectivity index (χ3n) is 2.23. The Morgan fingerprint density at radius 1 is 1.22 bits per heavy atom. The quantitative estimate of drug-likeness (QED) is 0.792. The Labute approximate surface area is 112 Å². The van der Waals surface area contributed by atoms with E-state index in [2.05, 4.69) is 45.8 Å². The van der Waals surface area contributed by atoms with E-state index in [0.29, 0.717) is 6.54 Å². The van der Waals surface area contributed by atoms with Crippen LogP contribution in [0.3, 0.4) is 0 Å². The maximum atomic E-state index is 5.46. The number of aryl methyl sites for hydroxylation is 1. The molecule has 0 aliphatic carbocycles. The van der Waals surface area contributed by atoms with Gasteiger partial charge in [0.2, 0.25) is 0 Å². The van der Waals surface area contributed by atoms with Crippen molar-refractivity contribution < 1.29 is 4.42 Å². The second-order valence-corrected chi connectivity index (χ2v) is 5.62. The Morgan fingerprint density at radius 3 is 2.28 bits per heavy atom. The number of rotatable bonds is 6. The average molecular weight is 254 g/mol. The minimum absolute atomic E-state index is 0.498. The molecule has 106 valence electrons. The lowest BCUT2D eigenvalue weighted by Crippen LogP contribution is -2.12. The summed E-state index contributed by atoms with van der Waals surface area (Å²) in [5.41, 5.74) is 6.73. The second kappa shape index (κ2) is 10.2. The molecule has 0 spiro atoms. The highest BCUT2D eigenvalue weighted by Gasteiger charge is 1.99. The van der Waals surface area contributed by atoms with E-state index in [4.69, 9.17) is 10.2 Å². The van der Waals surface area contributed by atoms with Gasteiger partial charge in [-0.1, -0.05) is 20.8 Å². The molecule has 0 bridgehead atoms. The van der Waals surface area contributed by atoms with Crippen molar-refractivity contribution in [2.45, 2.75) is 46.6 Å². The monoisotopic (exact) mass is 254 g/mol. The van der Waals surface area contributed by atoms with Crippen molar-refractivity contribution in [3.05, 3.63) is 23.7 Å². The molecular formula is C15H30N2O. The van der Waals surface area contributed by atoms with Gasteiger partial charge in [0.25, 0.3) is 0 Å². The van der Waals surface area contributed by atoms with Gasteiger partial charge in [-0.15, -0.1) is 0 Å². The third-order valence-corrected chi connectivity index (χ3v) is 2.23. The maximum Gasteiger partial charge on any atom is 0.117 e. The van der Waals surface area contributed by atoms with Crippen molar-refractivity contribution in [2.24, 2.45) is 11.7 Å². The van der Waals surface area contributed by atoms with Crippen LogP contribution in [0.25, 0.3) is 0 Å². The van der Waals surface area contributed by atoms with Crippen molar-refractivity contribution >= 4 is 0 Å². The topological polar surface area (TPSA) is 42.4 Å². The number of hydrogen-bond acceptors (Lipinski definition) is 3. The van der Waals surface area contributed by atoms with Crippen LogP contribution in [0.1, 0.15) is 44.9 Å². The Kier molecular flexibility index (Phi) is 9.70. The van der Waals surface area contributed by atoms with Gasteiger partial charge in [-0.25, -0.2) is 0 Å². The number of nitrogens with two attached hydrogens (primary N) is 1.